The van der Waals surface area contributed by atoms with E-state index in [0.29, 0.717) is 51.3 Å². The minimum Gasteiger partial charge on any atom is -0.296 e. The highest BCUT2D eigenvalue weighted by Crippen LogP contribution is 2.28. The lowest BCUT2D eigenvalue weighted by molar-refractivity contribution is 0.623. The molecule has 0 spiro atoms. The van der Waals surface area contributed by atoms with Crippen LogP contribution in [0.1, 0.15) is 19.2 Å². The van der Waals surface area contributed by atoms with E-state index in [1.165, 1.54) is 12.1 Å². The third-order valence-corrected chi connectivity index (χ3v) is 5.07. The zero-order valence-electron chi connectivity index (χ0n) is 16.1. The van der Waals surface area contributed by atoms with Gasteiger partial charge in [-0.15, -0.1) is 0 Å². The first-order valence-electron chi connectivity index (χ1n) is 9.52. The Morgan fingerprint density at radius 1 is 0.966 bits per heavy atom. The number of aromatic nitrogens is 5. The molecule has 0 radical (unpaired) electrons. The molecule has 3 aromatic heterocycles. The maximum atomic E-state index is 14.0. The molecule has 0 amide bonds. The molecule has 29 heavy (non-hydrogen) atoms. The van der Waals surface area contributed by atoms with Gasteiger partial charge in [0, 0.05) is 6.54 Å². The van der Waals surface area contributed by atoms with Crippen molar-refractivity contribution in [3.63, 3.8) is 0 Å². The van der Waals surface area contributed by atoms with Crippen molar-refractivity contribution < 1.29 is 4.39 Å². The molecule has 7 heteroatoms. The van der Waals surface area contributed by atoms with Gasteiger partial charge in [-0.1, -0.05) is 25.1 Å². The summed E-state index contributed by atoms with van der Waals surface area (Å²) >= 11 is 0. The van der Waals surface area contributed by atoms with Crippen LogP contribution in [0.2, 0.25) is 0 Å². The molecule has 5 rings (SSSR count). The number of aryl methyl sites for hydroxylation is 1. The van der Waals surface area contributed by atoms with Crippen molar-refractivity contribution in [3.05, 3.63) is 70.5 Å². The van der Waals surface area contributed by atoms with Gasteiger partial charge in [0.2, 0.25) is 0 Å². The van der Waals surface area contributed by atoms with Crippen molar-refractivity contribution in [2.75, 3.05) is 0 Å². The smallest absolute Gasteiger partial charge is 0.265 e. The van der Waals surface area contributed by atoms with Crippen molar-refractivity contribution in [1.82, 2.24) is 24.1 Å². The minimum atomic E-state index is -0.373. The highest BCUT2D eigenvalue weighted by molar-refractivity contribution is 6.05. The van der Waals surface area contributed by atoms with Crippen LogP contribution in [0.3, 0.4) is 0 Å². The van der Waals surface area contributed by atoms with E-state index in [4.69, 9.17) is 15.0 Å². The Bertz CT molecular complexity index is 1470. The van der Waals surface area contributed by atoms with E-state index >= 15 is 0 Å². The topological polar surface area (TPSA) is 65.6 Å². The highest BCUT2D eigenvalue weighted by atomic mass is 19.1. The Morgan fingerprint density at radius 3 is 2.45 bits per heavy atom. The molecule has 0 fully saturated rings. The predicted molar refractivity (Wildman–Crippen MR) is 111 cm³/mol. The van der Waals surface area contributed by atoms with Gasteiger partial charge >= 0.3 is 0 Å². The molecule has 0 aliphatic heterocycles. The van der Waals surface area contributed by atoms with Crippen molar-refractivity contribution in [3.8, 4) is 5.69 Å². The number of rotatable bonds is 3. The molecule has 0 saturated heterocycles. The Labute approximate surface area is 165 Å². The largest absolute Gasteiger partial charge is 0.296 e. The second-order valence-corrected chi connectivity index (χ2v) is 7.01. The van der Waals surface area contributed by atoms with E-state index in [1.807, 2.05) is 31.2 Å². The zero-order chi connectivity index (χ0) is 20.1. The van der Waals surface area contributed by atoms with Gasteiger partial charge in [-0.05, 0) is 43.7 Å². The van der Waals surface area contributed by atoms with Gasteiger partial charge in [0.25, 0.3) is 5.56 Å². The normalized spacial score (nSPS) is 11.7. The summed E-state index contributed by atoms with van der Waals surface area (Å²) < 4.78 is 17.4. The Morgan fingerprint density at radius 2 is 1.72 bits per heavy atom. The van der Waals surface area contributed by atoms with Crippen LogP contribution in [0.5, 0.6) is 0 Å². The molecule has 2 aromatic carbocycles. The maximum Gasteiger partial charge on any atom is 0.265 e. The molecule has 0 bridgehead atoms. The first-order chi connectivity index (χ1) is 14.1. The third kappa shape index (κ3) is 2.61. The minimum absolute atomic E-state index is 0.154. The lowest BCUT2D eigenvalue weighted by Crippen LogP contribution is -2.24. The number of halogens is 1. The highest BCUT2D eigenvalue weighted by Gasteiger charge is 2.22. The molecule has 0 unspecified atom stereocenters. The first-order valence-corrected chi connectivity index (χ1v) is 9.52. The van der Waals surface area contributed by atoms with Crippen LogP contribution in [0.15, 0.2) is 53.3 Å². The van der Waals surface area contributed by atoms with Gasteiger partial charge in [-0.3, -0.25) is 13.9 Å². The van der Waals surface area contributed by atoms with E-state index in [2.05, 4.69) is 0 Å². The summed E-state index contributed by atoms with van der Waals surface area (Å²) in [7, 11) is 0. The molecule has 0 saturated carbocycles. The number of nitrogens with zero attached hydrogens (tertiary/aromatic N) is 5. The van der Waals surface area contributed by atoms with Crippen molar-refractivity contribution in [2.24, 2.45) is 0 Å². The second-order valence-electron chi connectivity index (χ2n) is 7.01. The number of para-hydroxylation sites is 2. The molecule has 0 aliphatic rings. The van der Waals surface area contributed by atoms with E-state index in [1.54, 1.807) is 28.2 Å². The Kier molecular flexibility index (Phi) is 3.91. The molecule has 144 valence electrons. The average Bonchev–Trinajstić information content (AvgIpc) is 3.02. The average molecular weight is 387 g/mol. The van der Waals surface area contributed by atoms with Crippen molar-refractivity contribution >= 4 is 33.2 Å². The van der Waals surface area contributed by atoms with Crippen LogP contribution in [0.4, 0.5) is 4.39 Å². The van der Waals surface area contributed by atoms with E-state index < -0.39 is 0 Å². The lowest BCUT2D eigenvalue weighted by Gasteiger charge is -2.10. The first kappa shape index (κ1) is 17.5. The molecule has 0 N–H and O–H groups in total. The second kappa shape index (κ2) is 6.48. The van der Waals surface area contributed by atoms with E-state index in [0.717, 1.165) is 6.42 Å². The predicted octanol–water partition coefficient (Wildman–Crippen LogP) is 4.14. The molecule has 5 aromatic rings. The van der Waals surface area contributed by atoms with Crippen LogP contribution < -0.4 is 5.56 Å². The molecular weight excluding hydrogens is 369 g/mol. The number of fused-ring (bicyclic) bond motifs is 4. The summed E-state index contributed by atoms with van der Waals surface area (Å²) in [5, 5.41) is 0.404. The van der Waals surface area contributed by atoms with Gasteiger partial charge in [0.05, 0.1) is 16.7 Å². The molecule has 3 heterocycles. The van der Waals surface area contributed by atoms with Crippen LogP contribution in [0.25, 0.3) is 38.9 Å². The van der Waals surface area contributed by atoms with Crippen LogP contribution in [0, 0.1) is 12.7 Å². The quantitative estimate of drug-likeness (QED) is 0.467. The molecule has 0 atom stereocenters. The summed E-state index contributed by atoms with van der Waals surface area (Å²) in [4.78, 5) is 27.6. The third-order valence-electron chi connectivity index (χ3n) is 5.07. The lowest BCUT2D eigenvalue weighted by atomic mass is 10.3. The van der Waals surface area contributed by atoms with Crippen molar-refractivity contribution in [1.29, 1.82) is 0 Å². The fraction of sp³-hybridized carbons (Fsp3) is 0.182. The van der Waals surface area contributed by atoms with Gasteiger partial charge in [0.1, 0.15) is 22.5 Å². The standard InChI is InChI=1S/C22H18FN5O/c1-3-11-27-13(2)24-20-18(22(27)29)19-21(26-17-10-5-4-9-16(17)25-19)28(20)15-8-6-7-14(23)12-15/h4-10,12H,3,11H2,1-2H3. The number of benzene rings is 2. The van der Waals surface area contributed by atoms with Gasteiger partial charge < -0.3 is 0 Å². The number of hydrogen-bond donors (Lipinski definition) is 0. The van der Waals surface area contributed by atoms with Crippen LogP contribution >= 0.6 is 0 Å². The fourth-order valence-electron chi connectivity index (χ4n) is 3.78. The van der Waals surface area contributed by atoms with Gasteiger partial charge in [-0.2, -0.15) is 0 Å². The summed E-state index contributed by atoms with van der Waals surface area (Å²) in [6.45, 7) is 4.39. The Hall–Kier alpha value is -3.61. The summed E-state index contributed by atoms with van der Waals surface area (Å²) in [5.41, 5.74) is 3.20. The van der Waals surface area contributed by atoms with Crippen LogP contribution in [-0.4, -0.2) is 24.1 Å². The summed E-state index contributed by atoms with van der Waals surface area (Å²) in [6, 6.07) is 13.7. The Balaban J connectivity index is 2.03. The SMILES string of the molecule is CCCn1c(C)nc2c(c1=O)c1nc3ccccc3nc1n2-c1cccc(F)c1. The van der Waals surface area contributed by atoms with Crippen LogP contribution in [-0.2, 0) is 6.54 Å². The van der Waals surface area contributed by atoms with Gasteiger partial charge in [0.15, 0.2) is 11.3 Å². The molecular formula is C22H18FN5O. The van der Waals surface area contributed by atoms with Crippen molar-refractivity contribution in [2.45, 2.75) is 26.8 Å². The number of hydrogen-bond acceptors (Lipinski definition) is 4. The fourth-order valence-corrected chi connectivity index (χ4v) is 3.78. The van der Waals surface area contributed by atoms with E-state index in [-0.39, 0.29) is 11.4 Å². The monoisotopic (exact) mass is 387 g/mol. The molecule has 6 nitrogen and oxygen atoms in total. The maximum absolute atomic E-state index is 14.0. The van der Waals surface area contributed by atoms with E-state index in [9.17, 15) is 9.18 Å². The zero-order valence-corrected chi connectivity index (χ0v) is 16.1. The molecule has 0 aliphatic carbocycles. The van der Waals surface area contributed by atoms with Gasteiger partial charge in [-0.25, -0.2) is 19.3 Å². The summed E-state index contributed by atoms with van der Waals surface area (Å²) in [5.74, 6) is 0.233. The summed E-state index contributed by atoms with van der Waals surface area (Å²) in [6.07, 6.45) is 0.811.